The number of aliphatic hydroxyl groups excluding tert-OH is 14. The molecule has 21 heteroatoms. The van der Waals surface area contributed by atoms with Crippen LogP contribution in [0, 0.1) is 0 Å². The molecule has 0 aliphatic carbocycles. The molecule has 4 aliphatic rings. The van der Waals surface area contributed by atoms with Crippen molar-refractivity contribution in [2.45, 2.75) is 103 Å². The first-order valence-corrected chi connectivity index (χ1v) is 14.0. The van der Waals surface area contributed by atoms with Gasteiger partial charge < -0.3 is 105 Å². The first kappa shape index (κ1) is 37.0. The van der Waals surface area contributed by atoms with E-state index in [0.29, 0.717) is 0 Å². The van der Waals surface area contributed by atoms with Gasteiger partial charge in [-0.05, 0) is 0 Å². The van der Waals surface area contributed by atoms with E-state index in [-0.39, 0.29) is 0 Å². The van der Waals surface area contributed by atoms with E-state index in [0.717, 1.165) is 0 Å². The highest BCUT2D eigenvalue weighted by molar-refractivity contribution is 5.02. The fourth-order valence-electron chi connectivity index (χ4n) is 5.65. The van der Waals surface area contributed by atoms with Crippen LogP contribution in [0.1, 0.15) is 0 Å². The maximum Gasteiger partial charge on any atom is 0.224 e. The van der Waals surface area contributed by atoms with E-state index in [1.807, 2.05) is 0 Å². The van der Waals surface area contributed by atoms with Crippen LogP contribution in [0.25, 0.3) is 0 Å². The van der Waals surface area contributed by atoms with Gasteiger partial charge in [-0.1, -0.05) is 0 Å². The third-order valence-electron chi connectivity index (χ3n) is 8.49. The van der Waals surface area contributed by atoms with Crippen molar-refractivity contribution in [1.29, 1.82) is 0 Å². The van der Waals surface area contributed by atoms with Crippen molar-refractivity contribution in [3.05, 3.63) is 0 Å². The van der Waals surface area contributed by atoms with Gasteiger partial charge in [0.2, 0.25) is 17.4 Å². The molecule has 14 N–H and O–H groups in total. The highest BCUT2D eigenvalue weighted by atomic mass is 16.8. The van der Waals surface area contributed by atoms with Crippen LogP contribution in [0.4, 0.5) is 0 Å². The third-order valence-corrected chi connectivity index (χ3v) is 8.49. The molecule has 4 aliphatic heterocycles. The van der Waals surface area contributed by atoms with Crippen LogP contribution in [-0.2, 0) is 33.2 Å². The Morgan fingerprint density at radius 2 is 0.889 bits per heavy atom. The molecule has 0 bridgehead atoms. The second kappa shape index (κ2) is 14.3. The summed E-state index contributed by atoms with van der Waals surface area (Å²) in [4.78, 5) is 0. The Balaban J connectivity index is 1.56. The van der Waals surface area contributed by atoms with Gasteiger partial charge in [0.05, 0.1) is 26.4 Å². The summed E-state index contributed by atoms with van der Waals surface area (Å²) in [6.07, 6.45) is -25.5. The van der Waals surface area contributed by atoms with E-state index in [2.05, 4.69) is 0 Å². The van der Waals surface area contributed by atoms with Crippen molar-refractivity contribution in [1.82, 2.24) is 0 Å². The summed E-state index contributed by atoms with van der Waals surface area (Å²) in [5, 5.41) is 143. The predicted octanol–water partition coefficient (Wildman–Crippen LogP) is -9.74. The lowest BCUT2D eigenvalue weighted by atomic mass is 9.98. The molecule has 0 amide bonds. The molecule has 4 fully saturated rings. The molecule has 264 valence electrons. The molecule has 0 unspecified atom stereocenters. The van der Waals surface area contributed by atoms with E-state index in [4.69, 9.17) is 33.2 Å². The summed E-state index contributed by atoms with van der Waals surface area (Å²) in [5.74, 6) is -7.40. The topological polar surface area (TPSA) is 348 Å². The fraction of sp³-hybridized carbons (Fsp3) is 1.00. The molecule has 0 aromatic heterocycles. The molecule has 0 radical (unpaired) electrons. The first-order chi connectivity index (χ1) is 21.2. The molecule has 0 saturated carbocycles. The molecule has 4 heterocycles. The molecule has 21 nitrogen and oxygen atoms in total. The Kier molecular flexibility index (Phi) is 11.8. The minimum absolute atomic E-state index is 0.765. The first-order valence-electron chi connectivity index (χ1n) is 14.0. The zero-order chi connectivity index (χ0) is 33.5. The van der Waals surface area contributed by atoms with Gasteiger partial charge in [-0.2, -0.15) is 0 Å². The Hall–Kier alpha value is -0.840. The second-order valence-corrected chi connectivity index (χ2v) is 11.3. The van der Waals surface area contributed by atoms with Crippen LogP contribution in [0.2, 0.25) is 0 Å². The van der Waals surface area contributed by atoms with Crippen LogP contribution < -0.4 is 0 Å². The number of rotatable bonds is 13. The maximum absolute atomic E-state index is 10.9. The zero-order valence-corrected chi connectivity index (χ0v) is 23.7. The van der Waals surface area contributed by atoms with Gasteiger partial charge in [-0.15, -0.1) is 0 Å². The van der Waals surface area contributed by atoms with E-state index < -0.39 is 149 Å². The van der Waals surface area contributed by atoms with Gasteiger partial charge in [0.1, 0.15) is 99.2 Å². The average molecular weight is 667 g/mol. The van der Waals surface area contributed by atoms with Crippen molar-refractivity contribution in [3.63, 3.8) is 0 Å². The highest BCUT2D eigenvalue weighted by Crippen LogP contribution is 2.40. The van der Waals surface area contributed by atoms with Crippen LogP contribution in [0.15, 0.2) is 0 Å². The lowest BCUT2D eigenvalue weighted by molar-refractivity contribution is -0.403. The lowest BCUT2D eigenvalue weighted by Crippen LogP contribution is -2.64. The van der Waals surface area contributed by atoms with Gasteiger partial charge in [-0.25, -0.2) is 0 Å². The number of ether oxygens (including phenoxy) is 7. The summed E-state index contributed by atoms with van der Waals surface area (Å²) in [6, 6.07) is 0. The summed E-state index contributed by atoms with van der Waals surface area (Å²) in [7, 11) is 0. The lowest BCUT2D eigenvalue weighted by Gasteiger charge is -2.45. The van der Waals surface area contributed by atoms with Gasteiger partial charge in [-0.3, -0.25) is 0 Å². The quantitative estimate of drug-likeness (QED) is 0.0867. The maximum atomic E-state index is 10.9. The Labute approximate surface area is 254 Å². The molecule has 45 heavy (non-hydrogen) atoms. The zero-order valence-electron chi connectivity index (χ0n) is 23.7. The van der Waals surface area contributed by atoms with Gasteiger partial charge in [0, 0.05) is 0 Å². The molecule has 17 atom stereocenters. The van der Waals surface area contributed by atoms with Crippen LogP contribution in [-0.4, -0.2) is 221 Å². The highest BCUT2D eigenvalue weighted by Gasteiger charge is 2.62. The van der Waals surface area contributed by atoms with Crippen molar-refractivity contribution >= 4 is 0 Å². The fourth-order valence-corrected chi connectivity index (χ4v) is 5.65. The largest absolute Gasteiger partial charge is 0.394 e. The van der Waals surface area contributed by atoms with Crippen molar-refractivity contribution in [2.75, 3.05) is 46.2 Å². The number of aliphatic hydroxyl groups is 14. The second-order valence-electron chi connectivity index (χ2n) is 11.3. The van der Waals surface area contributed by atoms with Crippen molar-refractivity contribution < 1.29 is 105 Å². The molecule has 0 aromatic rings. The van der Waals surface area contributed by atoms with Crippen molar-refractivity contribution in [2.24, 2.45) is 0 Å². The average Bonchev–Trinajstić information content (AvgIpc) is 3.55. The molecule has 4 rings (SSSR count). The minimum Gasteiger partial charge on any atom is -0.394 e. The van der Waals surface area contributed by atoms with Gasteiger partial charge in [0.25, 0.3) is 0 Å². The summed E-state index contributed by atoms with van der Waals surface area (Å²) in [6.45, 7) is -6.56. The number of hydrogen-bond donors (Lipinski definition) is 14. The standard InChI is InChI=1S/C24H42O21/c25-1-8-13(31)18(36)22(5-28,42-8)39-4-11-12(30)16(34)17(35)21(41-11)45-24(20(38)15(33)10(3-27)44-24)7-40-23(6-29)19(37)14(32)9(2-26)43-23/h8-21,25-38H,1-7H2/t8-,9-,10-,11-,12-,13-,14-,15-,16+,17-,18+,19+,20+,21-,22-,23-,24+/m1/s1. The van der Waals surface area contributed by atoms with E-state index in [1.165, 1.54) is 0 Å². The molecular formula is C24H42O21. The van der Waals surface area contributed by atoms with Crippen LogP contribution in [0.5, 0.6) is 0 Å². The van der Waals surface area contributed by atoms with E-state index >= 15 is 0 Å². The Morgan fingerprint density at radius 3 is 1.31 bits per heavy atom. The number of hydrogen-bond acceptors (Lipinski definition) is 21. The smallest absolute Gasteiger partial charge is 0.224 e. The SMILES string of the molecule is OC[C@H]1O[C@@](CO)(OC[C@H]2O[C@H](O[C@]3(CO[C@]4(CO)O[C@H](CO)[C@@H](O)[C@@H]4O)O[C@H](CO)[C@@H](O)[C@@H]3O)[C@H](O)[C@@H](O)[C@@H]2O)[C@@H](O)[C@@H]1O. The van der Waals surface area contributed by atoms with Gasteiger partial charge >= 0.3 is 0 Å². The molecular weight excluding hydrogens is 624 g/mol. The van der Waals surface area contributed by atoms with Crippen molar-refractivity contribution in [3.8, 4) is 0 Å². The third kappa shape index (κ3) is 6.49. The molecule has 0 aromatic carbocycles. The minimum atomic E-state index is -2.64. The summed E-state index contributed by atoms with van der Waals surface area (Å²) in [5.41, 5.74) is 0. The monoisotopic (exact) mass is 666 g/mol. The van der Waals surface area contributed by atoms with Crippen LogP contribution >= 0.6 is 0 Å². The summed E-state index contributed by atoms with van der Waals surface area (Å²) >= 11 is 0. The predicted molar refractivity (Wildman–Crippen MR) is 134 cm³/mol. The van der Waals surface area contributed by atoms with Crippen LogP contribution in [0.3, 0.4) is 0 Å². The summed E-state index contributed by atoms with van der Waals surface area (Å²) < 4.78 is 38.3. The Morgan fingerprint density at radius 1 is 0.467 bits per heavy atom. The molecule has 0 spiro atoms. The molecule has 4 saturated heterocycles. The van der Waals surface area contributed by atoms with E-state index in [1.54, 1.807) is 0 Å². The van der Waals surface area contributed by atoms with Gasteiger partial charge in [0.15, 0.2) is 6.29 Å². The normalized spacial score (nSPS) is 52.1. The Bertz CT molecular complexity index is 964. The van der Waals surface area contributed by atoms with E-state index in [9.17, 15) is 71.5 Å².